The molecule has 0 saturated heterocycles. The van der Waals surface area contributed by atoms with E-state index in [1.54, 1.807) is 37.5 Å². The zero-order valence-corrected chi connectivity index (χ0v) is 32.5. The molecule has 0 atom stereocenters. The van der Waals surface area contributed by atoms with Crippen LogP contribution in [0.2, 0.25) is 0 Å². The summed E-state index contributed by atoms with van der Waals surface area (Å²) in [6, 6.07) is 9.16. The third-order valence-electron chi connectivity index (χ3n) is 9.05. The first-order chi connectivity index (χ1) is 26.0. The van der Waals surface area contributed by atoms with Crippen LogP contribution in [0, 0.1) is 0 Å². The van der Waals surface area contributed by atoms with Gasteiger partial charge in [-0.25, -0.2) is 0 Å². The van der Waals surface area contributed by atoms with Crippen molar-refractivity contribution in [1.82, 2.24) is 4.57 Å². The standard InChI is InChI=1S/C46H63NO6/c1-7-12-13-14-15-16-17-18-19-20-21-22-23-24-25-26-29-47-39-35-38(50-30-8-2)36-42(52-32-10-4)43(39)45(48)46(53-33-11-5)44(47)37-27-28-40(51-31-9-3)41(34-37)49-6/h8-11,26-29,34-36H,2-5,7,12-25,30-33H2,1,6H3. The van der Waals surface area contributed by atoms with Gasteiger partial charge in [-0.15, -0.1) is 0 Å². The lowest BCUT2D eigenvalue weighted by atomic mass is 10.0. The van der Waals surface area contributed by atoms with Crippen molar-refractivity contribution in [3.8, 4) is 40.0 Å². The van der Waals surface area contributed by atoms with Crippen LogP contribution in [0.25, 0.3) is 28.4 Å². The van der Waals surface area contributed by atoms with Crippen LogP contribution in [0.3, 0.4) is 0 Å². The summed E-state index contributed by atoms with van der Waals surface area (Å²) in [6.45, 7) is 18.4. The minimum absolute atomic E-state index is 0.136. The minimum Gasteiger partial charge on any atom is -0.493 e. The smallest absolute Gasteiger partial charge is 0.235 e. The molecule has 3 aromatic rings. The molecular weight excluding hydrogens is 663 g/mol. The molecule has 0 aliphatic heterocycles. The number of nitrogens with zero attached hydrogens (tertiary/aromatic N) is 1. The molecule has 1 heterocycles. The van der Waals surface area contributed by atoms with Gasteiger partial charge in [0.15, 0.2) is 17.2 Å². The first-order valence-electron chi connectivity index (χ1n) is 19.6. The highest BCUT2D eigenvalue weighted by atomic mass is 16.5. The lowest BCUT2D eigenvalue weighted by molar-refractivity contribution is 0.326. The number of aromatic nitrogens is 1. The van der Waals surface area contributed by atoms with Crippen LogP contribution >= 0.6 is 0 Å². The molecule has 0 radical (unpaired) electrons. The Kier molecular flexibility index (Phi) is 20.4. The highest BCUT2D eigenvalue weighted by molar-refractivity contribution is 5.93. The Hall–Kier alpha value is -4.65. The number of allylic oxidation sites excluding steroid dienone is 1. The molecule has 0 aliphatic carbocycles. The molecular formula is C46H63NO6. The lowest BCUT2D eigenvalue weighted by Crippen LogP contribution is -2.16. The molecule has 0 fully saturated rings. The highest BCUT2D eigenvalue weighted by Gasteiger charge is 2.24. The van der Waals surface area contributed by atoms with Crippen molar-refractivity contribution in [3.63, 3.8) is 0 Å². The van der Waals surface area contributed by atoms with Crippen molar-refractivity contribution in [1.29, 1.82) is 0 Å². The molecule has 7 nitrogen and oxygen atoms in total. The lowest BCUT2D eigenvalue weighted by Gasteiger charge is -2.21. The van der Waals surface area contributed by atoms with E-state index in [2.05, 4.69) is 39.3 Å². The van der Waals surface area contributed by atoms with E-state index in [4.69, 9.17) is 23.7 Å². The van der Waals surface area contributed by atoms with Crippen molar-refractivity contribution in [3.05, 3.63) is 97.3 Å². The zero-order chi connectivity index (χ0) is 38.1. The molecule has 3 rings (SSSR count). The number of fused-ring (bicyclic) bond motifs is 1. The molecule has 1 aromatic heterocycles. The van der Waals surface area contributed by atoms with Gasteiger partial charge < -0.3 is 28.3 Å². The Bertz CT molecular complexity index is 1670. The van der Waals surface area contributed by atoms with E-state index in [9.17, 15) is 4.79 Å². The third kappa shape index (κ3) is 13.7. The van der Waals surface area contributed by atoms with Gasteiger partial charge >= 0.3 is 0 Å². The second kappa shape index (κ2) is 25.3. The van der Waals surface area contributed by atoms with Gasteiger partial charge in [0.2, 0.25) is 5.43 Å². The average Bonchev–Trinajstić information content (AvgIpc) is 3.18. The number of ether oxygens (including phenoxy) is 5. The van der Waals surface area contributed by atoms with Gasteiger partial charge in [-0.2, -0.15) is 0 Å². The summed E-state index contributed by atoms with van der Waals surface area (Å²) in [6.07, 6.45) is 30.1. The van der Waals surface area contributed by atoms with Crippen molar-refractivity contribution in [2.45, 2.75) is 103 Å². The topological polar surface area (TPSA) is 68.2 Å². The second-order valence-electron chi connectivity index (χ2n) is 13.2. The van der Waals surface area contributed by atoms with E-state index in [1.807, 2.05) is 35.0 Å². The molecule has 7 heteroatoms. The Morgan fingerprint density at radius 1 is 0.623 bits per heavy atom. The molecule has 53 heavy (non-hydrogen) atoms. The quantitative estimate of drug-likeness (QED) is 0.0503. The first-order valence-corrected chi connectivity index (χ1v) is 19.6. The third-order valence-corrected chi connectivity index (χ3v) is 9.05. The molecule has 0 unspecified atom stereocenters. The van der Waals surface area contributed by atoms with Gasteiger partial charge in [0.25, 0.3) is 0 Å². The summed E-state index contributed by atoms with van der Waals surface area (Å²) in [7, 11) is 1.59. The summed E-state index contributed by atoms with van der Waals surface area (Å²) in [5, 5.41) is 0.375. The van der Waals surface area contributed by atoms with Crippen LogP contribution in [0.5, 0.6) is 28.7 Å². The van der Waals surface area contributed by atoms with Gasteiger partial charge in [-0.05, 0) is 31.0 Å². The predicted octanol–water partition coefficient (Wildman–Crippen LogP) is 12.3. The Morgan fingerprint density at radius 2 is 1.17 bits per heavy atom. The number of hydrogen-bond donors (Lipinski definition) is 0. The number of rotatable bonds is 30. The van der Waals surface area contributed by atoms with E-state index < -0.39 is 0 Å². The van der Waals surface area contributed by atoms with E-state index in [1.165, 1.54) is 83.5 Å². The van der Waals surface area contributed by atoms with Crippen LogP contribution in [-0.2, 0) is 0 Å². The van der Waals surface area contributed by atoms with Gasteiger partial charge in [0, 0.05) is 23.9 Å². The van der Waals surface area contributed by atoms with Gasteiger partial charge in [0.05, 0.1) is 23.7 Å². The monoisotopic (exact) mass is 725 g/mol. The second-order valence-corrected chi connectivity index (χ2v) is 13.2. The van der Waals surface area contributed by atoms with E-state index in [0.717, 1.165) is 12.8 Å². The van der Waals surface area contributed by atoms with Crippen LogP contribution in [-0.4, -0.2) is 38.1 Å². The predicted molar refractivity (Wildman–Crippen MR) is 223 cm³/mol. The van der Waals surface area contributed by atoms with Crippen LogP contribution in [0.1, 0.15) is 103 Å². The van der Waals surface area contributed by atoms with Crippen LogP contribution in [0.15, 0.2) is 91.8 Å². The normalized spacial score (nSPS) is 11.1. The van der Waals surface area contributed by atoms with E-state index in [0.29, 0.717) is 58.4 Å². The van der Waals surface area contributed by atoms with E-state index >= 15 is 0 Å². The maximum atomic E-state index is 14.4. The maximum absolute atomic E-state index is 14.4. The molecule has 0 bridgehead atoms. The van der Waals surface area contributed by atoms with Crippen LogP contribution in [0.4, 0.5) is 0 Å². The first kappa shape index (κ1) is 42.8. The minimum atomic E-state index is -0.311. The SMILES string of the molecule is C=CCOc1cc(OCC=C)c2c(=O)c(OCC=C)c(-c3ccc(OCC=C)c(OC)c3)n(C=CCCCCCCCCCCCCCCCC)c2c1. The van der Waals surface area contributed by atoms with Crippen molar-refractivity contribution >= 4 is 17.1 Å². The fourth-order valence-corrected chi connectivity index (χ4v) is 6.37. The molecule has 0 saturated carbocycles. The molecule has 288 valence electrons. The maximum Gasteiger partial charge on any atom is 0.235 e. The Labute approximate surface area is 318 Å². The highest BCUT2D eigenvalue weighted by Crippen LogP contribution is 2.40. The van der Waals surface area contributed by atoms with E-state index in [-0.39, 0.29) is 24.4 Å². The average molecular weight is 726 g/mol. The Balaban J connectivity index is 1.93. The summed E-state index contributed by atoms with van der Waals surface area (Å²) < 4.78 is 31.8. The molecule has 0 aliphatic rings. The number of hydrogen-bond acceptors (Lipinski definition) is 6. The summed E-state index contributed by atoms with van der Waals surface area (Å²) in [4.78, 5) is 14.4. The molecule has 0 N–H and O–H groups in total. The molecule has 2 aromatic carbocycles. The van der Waals surface area contributed by atoms with Crippen molar-refractivity contribution in [2.75, 3.05) is 33.5 Å². The summed E-state index contributed by atoms with van der Waals surface area (Å²) in [5.41, 5.74) is 1.57. The molecule has 0 amide bonds. The van der Waals surface area contributed by atoms with Gasteiger partial charge in [-0.1, -0.05) is 147 Å². The number of unbranched alkanes of at least 4 members (excludes halogenated alkanes) is 14. The van der Waals surface area contributed by atoms with Crippen molar-refractivity contribution < 1.29 is 23.7 Å². The summed E-state index contributed by atoms with van der Waals surface area (Å²) in [5.74, 6) is 2.17. The van der Waals surface area contributed by atoms with Crippen LogP contribution < -0.4 is 29.1 Å². The number of benzene rings is 2. The van der Waals surface area contributed by atoms with Gasteiger partial charge in [-0.3, -0.25) is 4.79 Å². The Morgan fingerprint density at radius 3 is 1.75 bits per heavy atom. The fraction of sp³-hybridized carbons (Fsp3) is 0.457. The largest absolute Gasteiger partial charge is 0.493 e. The van der Waals surface area contributed by atoms with Crippen molar-refractivity contribution in [2.24, 2.45) is 0 Å². The summed E-state index contributed by atoms with van der Waals surface area (Å²) >= 11 is 0. The fourth-order valence-electron chi connectivity index (χ4n) is 6.37. The number of pyridine rings is 1. The van der Waals surface area contributed by atoms with Gasteiger partial charge in [0.1, 0.15) is 37.9 Å². The number of methoxy groups -OCH3 is 1. The molecule has 0 spiro atoms. The zero-order valence-electron chi connectivity index (χ0n) is 32.5.